The summed E-state index contributed by atoms with van der Waals surface area (Å²) in [6.45, 7) is 1.83. The summed E-state index contributed by atoms with van der Waals surface area (Å²) in [7, 11) is 0. The molecule has 8 amide bonds. The van der Waals surface area contributed by atoms with Gasteiger partial charge in [-0.1, -0.05) is 0 Å². The molecule has 24 heteroatoms. The zero-order valence-corrected chi connectivity index (χ0v) is 31.4. The van der Waals surface area contributed by atoms with E-state index in [9.17, 15) is 68.1 Å². The van der Waals surface area contributed by atoms with Crippen LogP contribution in [0.5, 0.6) is 0 Å². The summed E-state index contributed by atoms with van der Waals surface area (Å²) in [5.41, 5.74) is 10.6. The lowest BCUT2D eigenvalue weighted by atomic mass is 10.1. The van der Waals surface area contributed by atoms with Crippen LogP contribution in [0.3, 0.4) is 0 Å². The lowest BCUT2D eigenvalue weighted by Crippen LogP contribution is -2.59. The third kappa shape index (κ3) is 14.3. The van der Waals surface area contributed by atoms with Crippen LogP contribution in [0.1, 0.15) is 71.6 Å². The van der Waals surface area contributed by atoms with Crippen molar-refractivity contribution in [3.63, 3.8) is 0 Å². The number of nitrogens with two attached hydrogens (primary N) is 2. The fraction of sp³-hybridized carbons (Fsp3) is 0.667. The number of likely N-dealkylation sites (tertiary alicyclic amines) is 2. The minimum absolute atomic E-state index is 0.0812. The van der Waals surface area contributed by atoms with Crippen molar-refractivity contribution in [2.75, 3.05) is 19.7 Å². The number of carboxylic acid groups (broad SMARTS) is 3. The normalized spacial score (nSPS) is 19.4. The molecule has 8 atom stereocenters. The van der Waals surface area contributed by atoms with Gasteiger partial charge >= 0.3 is 17.9 Å². The van der Waals surface area contributed by atoms with E-state index in [-0.39, 0.29) is 25.9 Å². The number of amides is 8. The van der Waals surface area contributed by atoms with Crippen molar-refractivity contribution in [1.29, 1.82) is 0 Å². The van der Waals surface area contributed by atoms with Crippen molar-refractivity contribution >= 4 is 65.2 Å². The quantitative estimate of drug-likeness (QED) is 0.0485. The number of carbonyl (C=O) groups is 11. The van der Waals surface area contributed by atoms with Gasteiger partial charge in [0.15, 0.2) is 0 Å². The van der Waals surface area contributed by atoms with Crippen LogP contribution in [0.25, 0.3) is 0 Å². The standard InChI is InChI=1S/C33H51N9O15/c1-15(36-27(50)17(34)13-23(35)44)26(49)40-20(14-43)29(52)37-16(2)31(54)42-12-4-6-22(42)32(55)41-11-3-5-21(41)30(53)38-18(7-9-24(45)46)28(51)39-19(33(56)57)8-10-25(47)48/h15-22,43H,3-14,34H2,1-2H3,(H2,35,44)(H,36,50)(H,37,52)(H,38,53)(H,39,51)(H,40,49)(H,45,46)(H,47,48)(H,56,57)/t15-,16-,17-,18-,19-,20-,21-,22-/m0/s1. The van der Waals surface area contributed by atoms with E-state index in [4.69, 9.17) is 16.6 Å². The molecule has 0 radical (unpaired) electrons. The number of primary amides is 1. The zero-order valence-electron chi connectivity index (χ0n) is 31.4. The average Bonchev–Trinajstić information content (AvgIpc) is 3.83. The molecule has 0 bridgehead atoms. The third-order valence-corrected chi connectivity index (χ3v) is 9.26. The van der Waals surface area contributed by atoms with Gasteiger partial charge in [0.2, 0.25) is 47.3 Å². The molecule has 2 aliphatic rings. The van der Waals surface area contributed by atoms with Gasteiger partial charge in [-0.25, -0.2) is 4.79 Å². The third-order valence-electron chi connectivity index (χ3n) is 9.26. The molecule has 2 aliphatic heterocycles. The van der Waals surface area contributed by atoms with Gasteiger partial charge < -0.3 is 68.3 Å². The van der Waals surface area contributed by atoms with Gasteiger partial charge in [0.05, 0.1) is 19.1 Å². The van der Waals surface area contributed by atoms with Crippen molar-refractivity contribution in [3.05, 3.63) is 0 Å². The Balaban J connectivity index is 2.10. The molecule has 0 spiro atoms. The van der Waals surface area contributed by atoms with Gasteiger partial charge in [-0.2, -0.15) is 0 Å². The summed E-state index contributed by atoms with van der Waals surface area (Å²) in [6, 6.07) is -10.9. The second kappa shape index (κ2) is 22.0. The summed E-state index contributed by atoms with van der Waals surface area (Å²) in [6.07, 6.45) is -1.61. The highest BCUT2D eigenvalue weighted by Gasteiger charge is 2.44. The fourth-order valence-electron chi connectivity index (χ4n) is 6.19. The maximum atomic E-state index is 13.9. The smallest absolute Gasteiger partial charge is 0.326 e. The number of nitrogens with zero attached hydrogens (tertiary/aromatic N) is 2. The number of carboxylic acids is 3. The number of nitrogens with one attached hydrogen (secondary N) is 5. The first-order valence-electron chi connectivity index (χ1n) is 18.1. The molecular weight excluding hydrogens is 762 g/mol. The lowest BCUT2D eigenvalue weighted by Gasteiger charge is -2.33. The summed E-state index contributed by atoms with van der Waals surface area (Å²) < 4.78 is 0. The monoisotopic (exact) mass is 813 g/mol. The number of hydrogen-bond donors (Lipinski definition) is 11. The number of aliphatic carboxylic acids is 3. The van der Waals surface area contributed by atoms with E-state index >= 15 is 0 Å². The second-order valence-electron chi connectivity index (χ2n) is 13.7. The minimum atomic E-state index is -1.65. The van der Waals surface area contributed by atoms with Crippen LogP contribution >= 0.6 is 0 Å². The van der Waals surface area contributed by atoms with Gasteiger partial charge in [-0.3, -0.25) is 47.9 Å². The topological polar surface area (TPSA) is 387 Å². The number of aliphatic hydroxyl groups is 1. The predicted molar refractivity (Wildman–Crippen MR) is 191 cm³/mol. The van der Waals surface area contributed by atoms with E-state index in [0.29, 0.717) is 12.8 Å². The Morgan fingerprint density at radius 1 is 0.649 bits per heavy atom. The fourth-order valence-corrected chi connectivity index (χ4v) is 6.19. The summed E-state index contributed by atoms with van der Waals surface area (Å²) >= 11 is 0. The summed E-state index contributed by atoms with van der Waals surface area (Å²) in [4.78, 5) is 139. The number of aliphatic hydroxyl groups excluding tert-OH is 1. The molecule has 24 nitrogen and oxygen atoms in total. The largest absolute Gasteiger partial charge is 0.481 e. The average molecular weight is 814 g/mol. The molecule has 2 rings (SSSR count). The summed E-state index contributed by atoms with van der Waals surface area (Å²) in [5, 5.41) is 48.7. The number of rotatable bonds is 22. The Morgan fingerprint density at radius 3 is 1.70 bits per heavy atom. The molecule has 2 saturated heterocycles. The van der Waals surface area contributed by atoms with Crippen LogP contribution in [-0.4, -0.2) is 163 Å². The van der Waals surface area contributed by atoms with Crippen LogP contribution in [0.4, 0.5) is 0 Å². The predicted octanol–water partition coefficient (Wildman–Crippen LogP) is -5.56. The molecule has 57 heavy (non-hydrogen) atoms. The molecule has 0 unspecified atom stereocenters. The van der Waals surface area contributed by atoms with Crippen LogP contribution in [0, 0.1) is 0 Å². The van der Waals surface area contributed by atoms with Crippen molar-refractivity contribution in [2.24, 2.45) is 11.5 Å². The highest BCUT2D eigenvalue weighted by Crippen LogP contribution is 2.26. The molecule has 13 N–H and O–H groups in total. The van der Waals surface area contributed by atoms with E-state index in [1.165, 1.54) is 23.6 Å². The van der Waals surface area contributed by atoms with E-state index < -0.39 is 152 Å². The number of hydrogen-bond acceptors (Lipinski definition) is 13. The van der Waals surface area contributed by atoms with E-state index in [0.717, 1.165) is 0 Å². The molecular formula is C33H51N9O15. The second-order valence-corrected chi connectivity index (χ2v) is 13.7. The van der Waals surface area contributed by atoms with Crippen molar-refractivity contribution in [1.82, 2.24) is 36.4 Å². The van der Waals surface area contributed by atoms with E-state index in [2.05, 4.69) is 26.6 Å². The molecule has 2 fully saturated rings. The molecule has 318 valence electrons. The zero-order chi connectivity index (χ0) is 43.1. The molecule has 0 aromatic heterocycles. The molecule has 0 aromatic rings. The maximum absolute atomic E-state index is 13.9. The van der Waals surface area contributed by atoms with Gasteiger partial charge in [0.25, 0.3) is 0 Å². The lowest BCUT2D eigenvalue weighted by molar-refractivity contribution is -0.148. The first-order valence-corrected chi connectivity index (χ1v) is 18.1. The SMILES string of the molecule is C[C@H](NC(=O)[C@@H](N)CC(N)=O)C(=O)N[C@@H](CO)C(=O)N[C@@H](C)C(=O)N1CCC[C@H]1C(=O)N1CCC[C@H]1C(=O)N[C@@H](CCC(=O)O)C(=O)N[C@@H](CCC(=O)O)C(=O)O. The van der Waals surface area contributed by atoms with Crippen LogP contribution in [0.2, 0.25) is 0 Å². The Hall–Kier alpha value is -5.91. The van der Waals surface area contributed by atoms with Crippen LogP contribution in [-0.2, 0) is 52.7 Å². The van der Waals surface area contributed by atoms with Gasteiger partial charge in [-0.15, -0.1) is 0 Å². The van der Waals surface area contributed by atoms with Crippen LogP contribution < -0.4 is 38.1 Å². The Labute approximate surface area is 325 Å². The van der Waals surface area contributed by atoms with Gasteiger partial charge in [-0.05, 0) is 52.4 Å². The maximum Gasteiger partial charge on any atom is 0.326 e. The van der Waals surface area contributed by atoms with Gasteiger partial charge in [0, 0.05) is 25.9 Å². The highest BCUT2D eigenvalue weighted by atomic mass is 16.4. The summed E-state index contributed by atoms with van der Waals surface area (Å²) in [5.74, 6) is -11.1. The molecule has 0 aliphatic carbocycles. The van der Waals surface area contributed by atoms with Crippen molar-refractivity contribution in [2.45, 2.75) is 120 Å². The van der Waals surface area contributed by atoms with Gasteiger partial charge in [0.1, 0.15) is 42.3 Å². The highest BCUT2D eigenvalue weighted by molar-refractivity contribution is 5.98. The minimum Gasteiger partial charge on any atom is -0.481 e. The molecule has 0 saturated carbocycles. The Bertz CT molecular complexity index is 1580. The van der Waals surface area contributed by atoms with Crippen molar-refractivity contribution < 1.29 is 73.2 Å². The Morgan fingerprint density at radius 2 is 1.16 bits per heavy atom. The molecule has 2 heterocycles. The Kier molecular flexibility index (Phi) is 18.2. The van der Waals surface area contributed by atoms with E-state index in [1.54, 1.807) is 0 Å². The van der Waals surface area contributed by atoms with E-state index in [1.807, 2.05) is 0 Å². The van der Waals surface area contributed by atoms with Crippen molar-refractivity contribution in [3.8, 4) is 0 Å². The van der Waals surface area contributed by atoms with Crippen LogP contribution in [0.15, 0.2) is 0 Å². The molecule has 0 aromatic carbocycles. The number of carbonyl (C=O) groups excluding carboxylic acids is 8. The first-order chi connectivity index (χ1) is 26.7. The first kappa shape index (κ1) is 47.2.